The van der Waals surface area contributed by atoms with Gasteiger partial charge >= 0.3 is 0 Å². The highest BCUT2D eigenvalue weighted by Crippen LogP contribution is 2.55. The van der Waals surface area contributed by atoms with E-state index in [1.54, 1.807) is 18.2 Å². The van der Waals surface area contributed by atoms with Crippen molar-refractivity contribution in [3.05, 3.63) is 83.6 Å². The summed E-state index contributed by atoms with van der Waals surface area (Å²) in [5, 5.41) is 7.70. The molecular weight excluding hydrogens is 520 g/mol. The fraction of sp³-hybridized carbons (Fsp3) is 0.281. The lowest BCUT2D eigenvalue weighted by molar-refractivity contribution is -0.130. The number of para-hydroxylation sites is 2. The van der Waals surface area contributed by atoms with E-state index in [9.17, 15) is 14.4 Å². The molecule has 41 heavy (non-hydrogen) atoms. The number of amides is 3. The normalized spacial score (nSPS) is 26.1. The van der Waals surface area contributed by atoms with Crippen LogP contribution >= 0.6 is 0 Å². The van der Waals surface area contributed by atoms with Gasteiger partial charge in [-0.05, 0) is 42.2 Å². The number of rotatable bonds is 4. The Kier molecular flexibility index (Phi) is 5.12. The number of nitrogens with zero attached hydrogens (tertiary/aromatic N) is 1. The quantitative estimate of drug-likeness (QED) is 0.336. The number of H-pyrrole nitrogens is 1. The van der Waals surface area contributed by atoms with Crippen molar-refractivity contribution in [1.82, 2.24) is 10.3 Å². The van der Waals surface area contributed by atoms with E-state index < -0.39 is 29.3 Å². The highest BCUT2D eigenvalue weighted by Gasteiger charge is 2.70. The van der Waals surface area contributed by atoms with Gasteiger partial charge in [0.2, 0.25) is 17.7 Å². The molecule has 3 N–H and O–H groups in total. The molecule has 2 fully saturated rings. The van der Waals surface area contributed by atoms with Crippen LogP contribution in [0.4, 0.5) is 11.4 Å². The number of imide groups is 1. The van der Waals surface area contributed by atoms with E-state index in [2.05, 4.69) is 15.6 Å². The first-order valence-corrected chi connectivity index (χ1v) is 14.0. The van der Waals surface area contributed by atoms with Crippen LogP contribution in [0.3, 0.4) is 0 Å². The minimum Gasteiger partial charge on any atom is -0.486 e. The Labute approximate surface area is 235 Å². The molecule has 5 heterocycles. The zero-order valence-corrected chi connectivity index (χ0v) is 22.4. The van der Waals surface area contributed by atoms with Crippen molar-refractivity contribution in [2.75, 3.05) is 23.4 Å². The maximum Gasteiger partial charge on any atom is 0.250 e. The van der Waals surface area contributed by atoms with Crippen molar-refractivity contribution in [1.29, 1.82) is 0 Å². The van der Waals surface area contributed by atoms with E-state index >= 15 is 0 Å². The fourth-order valence-corrected chi connectivity index (χ4v) is 7.32. The third-order valence-corrected chi connectivity index (χ3v) is 9.12. The number of hydrogen-bond donors (Lipinski definition) is 3. The zero-order chi connectivity index (χ0) is 27.9. The molecule has 4 atom stereocenters. The number of carbonyl (C=O) groups is 3. The fourth-order valence-electron chi connectivity index (χ4n) is 7.32. The Bertz CT molecular complexity index is 1780. The van der Waals surface area contributed by atoms with E-state index in [0.717, 1.165) is 39.7 Å². The lowest BCUT2D eigenvalue weighted by Gasteiger charge is -2.30. The molecule has 0 radical (unpaired) electrons. The monoisotopic (exact) mass is 548 g/mol. The summed E-state index contributed by atoms with van der Waals surface area (Å²) < 4.78 is 11.4. The van der Waals surface area contributed by atoms with Gasteiger partial charge in [0, 0.05) is 40.5 Å². The molecular formula is C32H28N4O5. The molecule has 0 saturated carbocycles. The molecule has 9 heteroatoms. The molecule has 0 bridgehead atoms. The molecule has 0 aliphatic carbocycles. The van der Waals surface area contributed by atoms with Crippen LogP contribution < -0.4 is 25.0 Å². The van der Waals surface area contributed by atoms with E-state index in [1.165, 1.54) is 4.90 Å². The van der Waals surface area contributed by atoms with Crippen LogP contribution in [0.25, 0.3) is 10.9 Å². The van der Waals surface area contributed by atoms with E-state index in [4.69, 9.17) is 9.47 Å². The number of nitrogens with one attached hydrogen (secondary N) is 3. The van der Waals surface area contributed by atoms with Crippen molar-refractivity contribution in [3.8, 4) is 11.5 Å². The van der Waals surface area contributed by atoms with Crippen molar-refractivity contribution in [3.63, 3.8) is 0 Å². The van der Waals surface area contributed by atoms with Crippen LogP contribution in [0.2, 0.25) is 0 Å². The maximum absolute atomic E-state index is 14.4. The third kappa shape index (κ3) is 3.23. The first kappa shape index (κ1) is 24.2. The molecule has 3 amide bonds. The molecule has 4 aliphatic rings. The van der Waals surface area contributed by atoms with E-state index in [1.807, 2.05) is 55.6 Å². The second kappa shape index (κ2) is 8.68. The van der Waals surface area contributed by atoms with E-state index in [-0.39, 0.29) is 11.8 Å². The standard InChI is InChI=1S/C32H28N4O5/c1-2-17-6-5-8-21-28(17)34-31(39)32(21)27-26(23(35-32)14-18-16-33-22-9-4-3-7-20(18)22)29(37)36(30(27)38)19-10-11-24-25(15-19)41-13-12-40-24/h3-11,15-16,23,26-27,33,35H,2,12-14H2,1H3,(H,34,39)/t23-,26+,27+,32-/m0/s1. The summed E-state index contributed by atoms with van der Waals surface area (Å²) in [7, 11) is 0. The van der Waals surface area contributed by atoms with Crippen LogP contribution in [0.15, 0.2) is 66.9 Å². The number of benzene rings is 3. The largest absolute Gasteiger partial charge is 0.486 e. The van der Waals surface area contributed by atoms with Gasteiger partial charge in [-0.1, -0.05) is 43.3 Å². The highest BCUT2D eigenvalue weighted by molar-refractivity contribution is 6.26. The number of anilines is 2. The number of aromatic amines is 1. The van der Waals surface area contributed by atoms with Gasteiger partial charge in [-0.25, -0.2) is 4.90 Å². The second-order valence-corrected chi connectivity index (χ2v) is 11.1. The summed E-state index contributed by atoms with van der Waals surface area (Å²) in [6, 6.07) is 18.4. The van der Waals surface area contributed by atoms with Gasteiger partial charge in [0.25, 0.3) is 0 Å². The molecule has 4 aromatic rings. The number of aryl methyl sites for hydroxylation is 1. The van der Waals surface area contributed by atoms with Crippen molar-refractivity contribution in [2.45, 2.75) is 31.3 Å². The van der Waals surface area contributed by atoms with Gasteiger partial charge in [0.15, 0.2) is 11.5 Å². The number of hydrogen-bond acceptors (Lipinski definition) is 6. The molecule has 0 unspecified atom stereocenters. The maximum atomic E-state index is 14.4. The van der Waals surface area contributed by atoms with Crippen LogP contribution in [0.1, 0.15) is 23.6 Å². The number of aromatic nitrogens is 1. The average molecular weight is 549 g/mol. The predicted molar refractivity (Wildman–Crippen MR) is 152 cm³/mol. The molecule has 8 rings (SSSR count). The Balaban J connectivity index is 1.27. The summed E-state index contributed by atoms with van der Waals surface area (Å²) in [6.45, 7) is 2.86. The Hall–Kier alpha value is -4.63. The second-order valence-electron chi connectivity index (χ2n) is 11.1. The summed E-state index contributed by atoms with van der Waals surface area (Å²) in [5.41, 5.74) is 3.52. The Morgan fingerprint density at radius 1 is 0.927 bits per heavy atom. The van der Waals surface area contributed by atoms with Gasteiger partial charge in [0.1, 0.15) is 18.8 Å². The SMILES string of the molecule is CCc1cccc2c1NC(=O)[C@]21N[C@@H](Cc2c[nH]c3ccccc23)[C@H]2C(=O)N(c3ccc4c(c3)OCCO4)C(=O)[C@@H]21. The van der Waals surface area contributed by atoms with Crippen molar-refractivity contribution >= 4 is 40.0 Å². The van der Waals surface area contributed by atoms with Crippen LogP contribution in [-0.4, -0.2) is 42.0 Å². The number of fused-ring (bicyclic) bond motifs is 6. The Morgan fingerprint density at radius 2 is 1.76 bits per heavy atom. The predicted octanol–water partition coefficient (Wildman–Crippen LogP) is 3.67. The van der Waals surface area contributed by atoms with Crippen LogP contribution in [0, 0.1) is 11.8 Å². The highest BCUT2D eigenvalue weighted by atomic mass is 16.6. The molecule has 4 aliphatic heterocycles. The minimum atomic E-state index is -1.36. The number of carbonyl (C=O) groups excluding carboxylic acids is 3. The summed E-state index contributed by atoms with van der Waals surface area (Å²) in [5.74, 6) is -1.60. The van der Waals surface area contributed by atoms with Gasteiger partial charge in [-0.3, -0.25) is 19.7 Å². The van der Waals surface area contributed by atoms with Crippen LogP contribution in [0.5, 0.6) is 11.5 Å². The van der Waals surface area contributed by atoms with Gasteiger partial charge in [-0.15, -0.1) is 0 Å². The molecule has 1 spiro atoms. The van der Waals surface area contributed by atoms with Gasteiger partial charge in [0.05, 0.1) is 17.5 Å². The lowest BCUT2D eigenvalue weighted by Crippen LogP contribution is -2.53. The zero-order valence-electron chi connectivity index (χ0n) is 22.4. The van der Waals surface area contributed by atoms with Gasteiger partial charge in [-0.2, -0.15) is 0 Å². The average Bonchev–Trinajstić information content (AvgIpc) is 3.71. The summed E-state index contributed by atoms with van der Waals surface area (Å²) in [4.78, 5) is 47.3. The Morgan fingerprint density at radius 3 is 2.61 bits per heavy atom. The third-order valence-electron chi connectivity index (χ3n) is 9.12. The molecule has 2 saturated heterocycles. The first-order valence-electron chi connectivity index (χ1n) is 14.0. The topological polar surface area (TPSA) is 113 Å². The molecule has 9 nitrogen and oxygen atoms in total. The van der Waals surface area contributed by atoms with Crippen molar-refractivity contribution in [2.24, 2.45) is 11.8 Å². The molecule has 1 aromatic heterocycles. The molecule has 3 aromatic carbocycles. The molecule has 206 valence electrons. The van der Waals surface area contributed by atoms with Gasteiger partial charge < -0.3 is 19.8 Å². The lowest BCUT2D eigenvalue weighted by atomic mass is 9.76. The summed E-state index contributed by atoms with van der Waals surface area (Å²) >= 11 is 0. The smallest absolute Gasteiger partial charge is 0.250 e. The van der Waals surface area contributed by atoms with Crippen molar-refractivity contribution < 1.29 is 23.9 Å². The van der Waals surface area contributed by atoms with E-state index in [0.29, 0.717) is 36.8 Å². The van der Waals surface area contributed by atoms with Crippen LogP contribution in [-0.2, 0) is 32.8 Å². The summed E-state index contributed by atoms with van der Waals surface area (Å²) in [6.07, 6.45) is 3.14. The number of ether oxygens (including phenoxy) is 2. The minimum absolute atomic E-state index is 0.296. The first-order chi connectivity index (χ1) is 20.0.